The van der Waals surface area contributed by atoms with Crippen LogP contribution >= 0.6 is 12.2 Å². The van der Waals surface area contributed by atoms with Gasteiger partial charge in [-0.1, -0.05) is 65.8 Å². The molecular formula is C24H19N9S. The first-order valence-electron chi connectivity index (χ1n) is 10.5. The quantitative estimate of drug-likeness (QED) is 0.182. The number of aromatic nitrogens is 3. The number of anilines is 1. The van der Waals surface area contributed by atoms with E-state index in [2.05, 4.69) is 36.9 Å². The van der Waals surface area contributed by atoms with Crippen molar-refractivity contribution in [2.24, 2.45) is 10.1 Å². The van der Waals surface area contributed by atoms with E-state index >= 15 is 0 Å². The lowest BCUT2D eigenvalue weighted by atomic mass is 10.0. The van der Waals surface area contributed by atoms with Crippen molar-refractivity contribution in [3.05, 3.63) is 112 Å². The Morgan fingerprint density at radius 2 is 1.74 bits per heavy atom. The van der Waals surface area contributed by atoms with Crippen LogP contribution in [0.5, 0.6) is 0 Å². The van der Waals surface area contributed by atoms with E-state index in [9.17, 15) is 0 Å². The van der Waals surface area contributed by atoms with Crippen LogP contribution in [0, 0.1) is 6.92 Å². The molecule has 3 aromatic carbocycles. The molecule has 5 rings (SSSR count). The third-order valence-corrected chi connectivity index (χ3v) is 5.57. The summed E-state index contributed by atoms with van der Waals surface area (Å²) in [5.74, 6) is 1.39. The number of benzene rings is 3. The standard InChI is InChI=1S/C24H19N9S/c1-15-29-31-23-22(28-24(34)26-17-11-13-18(14-12-17)30-32-25)27-21(16-7-3-2-4-8-16)19-9-5-6-10-20(19)33(15)23/h2-14,22H,1H3,(H2,26,28,34). The van der Waals surface area contributed by atoms with Gasteiger partial charge >= 0.3 is 0 Å². The fraction of sp³-hybridized carbons (Fsp3) is 0.0833. The Morgan fingerprint density at radius 1 is 1.00 bits per heavy atom. The Hall–Kier alpha value is -4.53. The van der Waals surface area contributed by atoms with Gasteiger partial charge in [-0.05, 0) is 42.9 Å². The highest BCUT2D eigenvalue weighted by Crippen LogP contribution is 2.29. The molecule has 1 atom stereocenters. The van der Waals surface area contributed by atoms with Gasteiger partial charge in [-0.2, -0.15) is 0 Å². The number of nitrogens with zero attached hydrogens (tertiary/aromatic N) is 7. The van der Waals surface area contributed by atoms with Crippen molar-refractivity contribution in [1.82, 2.24) is 20.1 Å². The van der Waals surface area contributed by atoms with E-state index in [0.29, 0.717) is 16.6 Å². The fourth-order valence-corrected chi connectivity index (χ4v) is 4.09. The van der Waals surface area contributed by atoms with E-state index in [1.54, 1.807) is 24.3 Å². The van der Waals surface area contributed by atoms with Crippen molar-refractivity contribution in [1.29, 1.82) is 0 Å². The number of rotatable bonds is 4. The summed E-state index contributed by atoms with van der Waals surface area (Å²) in [7, 11) is 0. The van der Waals surface area contributed by atoms with Gasteiger partial charge < -0.3 is 10.6 Å². The van der Waals surface area contributed by atoms with Gasteiger partial charge in [-0.15, -0.1) is 10.2 Å². The minimum Gasteiger partial charge on any atom is -0.334 e. The molecule has 0 saturated heterocycles. The maximum Gasteiger partial charge on any atom is 0.183 e. The van der Waals surface area contributed by atoms with Crippen LogP contribution in [0.1, 0.15) is 28.9 Å². The van der Waals surface area contributed by atoms with Gasteiger partial charge in [0.05, 0.1) is 11.4 Å². The molecule has 1 aliphatic heterocycles. The lowest BCUT2D eigenvalue weighted by Crippen LogP contribution is -2.33. The van der Waals surface area contributed by atoms with E-state index in [1.807, 2.05) is 60.0 Å². The Balaban J connectivity index is 1.53. The maximum absolute atomic E-state index is 8.58. The molecule has 4 aromatic rings. The van der Waals surface area contributed by atoms with Gasteiger partial charge in [-0.25, -0.2) is 0 Å². The monoisotopic (exact) mass is 465 g/mol. The van der Waals surface area contributed by atoms with Crippen molar-refractivity contribution < 1.29 is 0 Å². The predicted octanol–water partition coefficient (Wildman–Crippen LogP) is 5.35. The van der Waals surface area contributed by atoms with Crippen molar-refractivity contribution in [2.45, 2.75) is 13.1 Å². The van der Waals surface area contributed by atoms with Crippen molar-refractivity contribution in [3.63, 3.8) is 0 Å². The van der Waals surface area contributed by atoms with Crippen molar-refractivity contribution in [2.75, 3.05) is 5.32 Å². The number of aliphatic imine (C=N–C) groups is 1. The number of hydrogen-bond acceptors (Lipinski definition) is 5. The minimum absolute atomic E-state index is 0.371. The zero-order chi connectivity index (χ0) is 23.5. The first kappa shape index (κ1) is 21.3. The zero-order valence-electron chi connectivity index (χ0n) is 18.1. The second-order valence-electron chi connectivity index (χ2n) is 7.54. The molecule has 0 spiro atoms. The molecule has 2 N–H and O–H groups in total. The second kappa shape index (κ2) is 9.14. The smallest absolute Gasteiger partial charge is 0.183 e. The molecule has 0 saturated carbocycles. The van der Waals surface area contributed by atoms with Crippen LogP contribution in [0.2, 0.25) is 0 Å². The summed E-state index contributed by atoms with van der Waals surface area (Å²) in [5.41, 5.74) is 13.6. The van der Waals surface area contributed by atoms with E-state index in [1.165, 1.54) is 0 Å². The van der Waals surface area contributed by atoms with Gasteiger partial charge in [-0.3, -0.25) is 9.56 Å². The molecule has 1 unspecified atom stereocenters. The average molecular weight is 466 g/mol. The number of thiocarbonyl (C=S) groups is 1. The topological polar surface area (TPSA) is 116 Å². The van der Waals surface area contributed by atoms with E-state index in [-0.39, 0.29) is 0 Å². The first-order chi connectivity index (χ1) is 16.6. The minimum atomic E-state index is -0.578. The number of fused-ring (bicyclic) bond motifs is 3. The largest absolute Gasteiger partial charge is 0.334 e. The molecular weight excluding hydrogens is 446 g/mol. The van der Waals surface area contributed by atoms with Crippen LogP contribution in [0.25, 0.3) is 16.1 Å². The summed E-state index contributed by atoms with van der Waals surface area (Å²) >= 11 is 5.59. The normalized spacial score (nSPS) is 14.0. The number of azide groups is 1. The van der Waals surface area contributed by atoms with E-state index in [4.69, 9.17) is 22.7 Å². The second-order valence-corrected chi connectivity index (χ2v) is 7.95. The molecule has 1 aliphatic rings. The van der Waals surface area contributed by atoms with Crippen molar-refractivity contribution in [3.8, 4) is 5.69 Å². The molecule has 34 heavy (non-hydrogen) atoms. The summed E-state index contributed by atoms with van der Waals surface area (Å²) in [6, 6.07) is 25.1. The van der Waals surface area contributed by atoms with Gasteiger partial charge in [0, 0.05) is 27.4 Å². The van der Waals surface area contributed by atoms with Gasteiger partial charge in [0.1, 0.15) is 5.82 Å². The first-order valence-corrected chi connectivity index (χ1v) is 10.9. The highest BCUT2D eigenvalue weighted by atomic mass is 32.1. The average Bonchev–Trinajstić information content (AvgIpc) is 3.18. The Morgan fingerprint density at radius 3 is 2.50 bits per heavy atom. The van der Waals surface area contributed by atoms with Gasteiger partial charge in [0.2, 0.25) is 0 Å². The molecule has 0 bridgehead atoms. The number of aryl methyl sites for hydroxylation is 1. The van der Waals surface area contributed by atoms with E-state index < -0.39 is 6.17 Å². The summed E-state index contributed by atoms with van der Waals surface area (Å²) in [6.07, 6.45) is -0.578. The van der Waals surface area contributed by atoms with Crippen molar-refractivity contribution >= 4 is 34.4 Å². The molecule has 1 aromatic heterocycles. The van der Waals surface area contributed by atoms with Gasteiger partial charge in [0.25, 0.3) is 0 Å². The molecule has 9 nitrogen and oxygen atoms in total. The molecule has 0 fully saturated rings. The van der Waals surface area contributed by atoms with Gasteiger partial charge in [0.15, 0.2) is 17.1 Å². The molecule has 0 aliphatic carbocycles. The number of nitrogens with one attached hydrogen (secondary N) is 2. The molecule has 2 heterocycles. The fourth-order valence-electron chi connectivity index (χ4n) is 3.86. The Kier molecular flexibility index (Phi) is 5.73. The molecule has 0 radical (unpaired) electrons. The lowest BCUT2D eigenvalue weighted by Gasteiger charge is -2.17. The van der Waals surface area contributed by atoms with Crippen LogP contribution in [-0.4, -0.2) is 25.6 Å². The third kappa shape index (κ3) is 4.11. The van der Waals surface area contributed by atoms with Crippen LogP contribution < -0.4 is 10.6 Å². The highest BCUT2D eigenvalue weighted by molar-refractivity contribution is 7.80. The summed E-state index contributed by atoms with van der Waals surface area (Å²) < 4.78 is 2.00. The lowest BCUT2D eigenvalue weighted by molar-refractivity contribution is 0.627. The number of para-hydroxylation sites is 1. The number of hydrogen-bond donors (Lipinski definition) is 2. The summed E-state index contributed by atoms with van der Waals surface area (Å²) in [6.45, 7) is 1.92. The molecule has 0 amide bonds. The third-order valence-electron chi connectivity index (χ3n) is 5.35. The van der Waals surface area contributed by atoms with Crippen LogP contribution in [-0.2, 0) is 0 Å². The summed E-state index contributed by atoms with van der Waals surface area (Å²) in [5, 5.41) is 19.1. The van der Waals surface area contributed by atoms with E-state index in [0.717, 1.165) is 34.0 Å². The zero-order valence-corrected chi connectivity index (χ0v) is 18.9. The Labute approximate surface area is 200 Å². The van der Waals surface area contributed by atoms with Crippen LogP contribution in [0.4, 0.5) is 11.4 Å². The molecule has 10 heteroatoms. The maximum atomic E-state index is 8.58. The molecule has 166 valence electrons. The SMILES string of the molecule is Cc1nnc2n1-c1ccccc1C(c1ccccc1)=NC2NC(=S)Nc1ccc(N=[N+]=[N-])cc1. The summed E-state index contributed by atoms with van der Waals surface area (Å²) in [4.78, 5) is 7.85. The van der Waals surface area contributed by atoms with Crippen LogP contribution in [0.3, 0.4) is 0 Å². The Bertz CT molecular complexity index is 1440. The van der Waals surface area contributed by atoms with Crippen LogP contribution in [0.15, 0.2) is 89.0 Å². The predicted molar refractivity (Wildman–Crippen MR) is 136 cm³/mol. The highest BCUT2D eigenvalue weighted by Gasteiger charge is 2.28.